The lowest BCUT2D eigenvalue weighted by molar-refractivity contribution is -0.121. The Morgan fingerprint density at radius 1 is 1.03 bits per heavy atom. The maximum absolute atomic E-state index is 13.3. The number of aromatic amines is 1. The number of halogens is 1. The number of nitrogens with zero attached hydrogens (tertiary/aromatic N) is 2. The number of benzene rings is 3. The van der Waals surface area contributed by atoms with Crippen molar-refractivity contribution in [1.82, 2.24) is 20.2 Å². The van der Waals surface area contributed by atoms with Gasteiger partial charge in [0.1, 0.15) is 11.6 Å². The second kappa shape index (κ2) is 11.1. The van der Waals surface area contributed by atoms with E-state index in [1.54, 1.807) is 18.2 Å². The van der Waals surface area contributed by atoms with Crippen molar-refractivity contribution in [2.45, 2.75) is 52.5 Å². The topological polar surface area (TPSA) is 98.3 Å². The van der Waals surface area contributed by atoms with Crippen molar-refractivity contribution in [3.63, 3.8) is 0 Å². The number of aromatic hydroxyl groups is 1. The highest BCUT2D eigenvalue weighted by Crippen LogP contribution is 2.27. The van der Waals surface area contributed by atoms with E-state index >= 15 is 0 Å². The molecule has 1 fully saturated rings. The van der Waals surface area contributed by atoms with E-state index in [1.807, 2.05) is 56.0 Å². The lowest BCUT2D eigenvalue weighted by Crippen LogP contribution is -2.32. The molecule has 2 amide bonds. The largest absolute Gasteiger partial charge is 0.508 e. The molecule has 7 nitrogen and oxygen atoms in total. The third kappa shape index (κ3) is 5.93. The first kappa shape index (κ1) is 26.8. The number of aromatic nitrogens is 2. The van der Waals surface area contributed by atoms with Gasteiger partial charge in [-0.3, -0.25) is 9.59 Å². The van der Waals surface area contributed by atoms with Gasteiger partial charge in [-0.15, -0.1) is 0 Å². The molecule has 3 N–H and O–H groups in total. The minimum absolute atomic E-state index is 0.0608. The van der Waals surface area contributed by atoms with E-state index in [2.05, 4.69) is 10.3 Å². The number of carbonyl (C=O) groups excluding carboxylic acids is 2. The predicted octanol–water partition coefficient (Wildman–Crippen LogP) is 5.73. The Balaban J connectivity index is 1.38. The molecule has 0 spiro atoms. The van der Waals surface area contributed by atoms with Crippen LogP contribution in [0.4, 0.5) is 0 Å². The average molecular weight is 545 g/mol. The van der Waals surface area contributed by atoms with Crippen LogP contribution in [0, 0.1) is 20.8 Å². The van der Waals surface area contributed by atoms with Gasteiger partial charge in [-0.1, -0.05) is 23.7 Å². The van der Waals surface area contributed by atoms with Crippen molar-refractivity contribution < 1.29 is 14.7 Å². The highest BCUT2D eigenvalue weighted by atomic mass is 35.5. The zero-order valence-electron chi connectivity index (χ0n) is 22.5. The number of H-pyrrole nitrogens is 1. The Morgan fingerprint density at radius 3 is 2.44 bits per heavy atom. The van der Waals surface area contributed by atoms with Crippen LogP contribution in [0.3, 0.4) is 0 Å². The summed E-state index contributed by atoms with van der Waals surface area (Å²) in [5, 5.41) is 13.8. The van der Waals surface area contributed by atoms with Crippen LogP contribution >= 0.6 is 11.6 Å². The van der Waals surface area contributed by atoms with Crippen LogP contribution in [-0.4, -0.2) is 44.9 Å². The number of hydrogen-bond donors (Lipinski definition) is 3. The monoisotopic (exact) mass is 544 g/mol. The van der Waals surface area contributed by atoms with Gasteiger partial charge in [-0.2, -0.15) is 0 Å². The van der Waals surface area contributed by atoms with Gasteiger partial charge < -0.3 is 20.3 Å². The standard InChI is InChI=1S/C31H33ClN4O3/c1-18-12-21(6-8-24(18)31(39)36-10-4-5-11-36)15-29(38)33-28(17-25-19(2)13-23(37)14-20(25)3)30-34-26-9-7-22(32)16-27(26)35-30/h6-9,12-14,16,28,37H,4-5,10-11,15,17H2,1-3H3,(H,33,38)(H,34,35). The van der Waals surface area contributed by atoms with Gasteiger partial charge in [0.2, 0.25) is 5.91 Å². The van der Waals surface area contributed by atoms with Crippen molar-refractivity contribution in [2.24, 2.45) is 0 Å². The predicted molar refractivity (Wildman–Crippen MR) is 153 cm³/mol. The lowest BCUT2D eigenvalue weighted by atomic mass is 9.95. The van der Waals surface area contributed by atoms with Crippen LogP contribution in [0.25, 0.3) is 11.0 Å². The molecule has 5 rings (SSSR count). The van der Waals surface area contributed by atoms with E-state index in [4.69, 9.17) is 16.6 Å². The number of hydrogen-bond acceptors (Lipinski definition) is 4. The number of aryl methyl sites for hydroxylation is 3. The van der Waals surface area contributed by atoms with E-state index in [-0.39, 0.29) is 24.0 Å². The highest BCUT2D eigenvalue weighted by molar-refractivity contribution is 6.31. The van der Waals surface area contributed by atoms with Gasteiger partial charge in [0.15, 0.2) is 0 Å². The molecular weight excluding hydrogens is 512 g/mol. The summed E-state index contributed by atoms with van der Waals surface area (Å²) in [5.74, 6) is 0.765. The van der Waals surface area contributed by atoms with E-state index in [0.717, 1.165) is 64.8 Å². The van der Waals surface area contributed by atoms with Crippen molar-refractivity contribution >= 4 is 34.4 Å². The Labute approximate surface area is 233 Å². The Hall–Kier alpha value is -3.84. The number of phenolic OH excluding ortho intramolecular Hbond substituents is 1. The van der Waals surface area contributed by atoms with Gasteiger partial charge in [0.25, 0.3) is 5.91 Å². The third-order valence-electron chi connectivity index (χ3n) is 7.50. The van der Waals surface area contributed by atoms with Crippen LogP contribution in [0.1, 0.15) is 62.9 Å². The fourth-order valence-electron chi connectivity index (χ4n) is 5.48. The smallest absolute Gasteiger partial charge is 0.254 e. The Kier molecular flexibility index (Phi) is 7.62. The molecule has 0 radical (unpaired) electrons. The molecule has 202 valence electrons. The number of phenols is 1. The summed E-state index contributed by atoms with van der Waals surface area (Å²) in [6.07, 6.45) is 2.77. The molecule has 0 bridgehead atoms. The first-order chi connectivity index (χ1) is 18.7. The lowest BCUT2D eigenvalue weighted by Gasteiger charge is -2.20. The number of carbonyl (C=O) groups is 2. The molecule has 39 heavy (non-hydrogen) atoms. The third-order valence-corrected chi connectivity index (χ3v) is 7.73. The van der Waals surface area contributed by atoms with Gasteiger partial charge >= 0.3 is 0 Å². The molecule has 1 atom stereocenters. The first-order valence-electron chi connectivity index (χ1n) is 13.3. The molecule has 2 heterocycles. The van der Waals surface area contributed by atoms with Gasteiger partial charge in [0.05, 0.1) is 23.5 Å². The SMILES string of the molecule is Cc1cc(CC(=O)NC(Cc2c(C)cc(O)cc2C)c2nc3ccc(Cl)cc3[nH]2)ccc1C(=O)N1CCCC1. The quantitative estimate of drug-likeness (QED) is 0.277. The maximum Gasteiger partial charge on any atom is 0.254 e. The van der Waals surface area contributed by atoms with Crippen molar-refractivity contribution in [3.05, 3.63) is 92.8 Å². The number of amides is 2. The van der Waals surface area contributed by atoms with Crippen molar-refractivity contribution in [2.75, 3.05) is 13.1 Å². The van der Waals surface area contributed by atoms with Crippen LogP contribution in [-0.2, 0) is 17.6 Å². The van der Waals surface area contributed by atoms with Crippen LogP contribution in [0.5, 0.6) is 5.75 Å². The van der Waals surface area contributed by atoms with E-state index in [1.165, 1.54) is 0 Å². The Morgan fingerprint density at radius 2 is 1.74 bits per heavy atom. The minimum Gasteiger partial charge on any atom is -0.508 e. The van der Waals surface area contributed by atoms with Crippen LogP contribution in [0.15, 0.2) is 48.5 Å². The molecule has 1 aliphatic rings. The number of nitrogens with one attached hydrogen (secondary N) is 2. The summed E-state index contributed by atoms with van der Waals surface area (Å²) in [5.41, 5.74) is 6.90. The van der Waals surface area contributed by atoms with E-state index in [0.29, 0.717) is 22.8 Å². The highest BCUT2D eigenvalue weighted by Gasteiger charge is 2.23. The molecule has 4 aromatic rings. The van der Waals surface area contributed by atoms with Gasteiger partial charge in [-0.25, -0.2) is 4.98 Å². The second-order valence-electron chi connectivity index (χ2n) is 10.5. The zero-order chi connectivity index (χ0) is 27.7. The normalized spacial score (nSPS) is 14.1. The molecule has 1 aliphatic heterocycles. The molecule has 1 unspecified atom stereocenters. The van der Waals surface area contributed by atoms with E-state index < -0.39 is 6.04 Å². The number of fused-ring (bicyclic) bond motifs is 1. The number of imidazole rings is 1. The molecule has 0 saturated carbocycles. The second-order valence-corrected chi connectivity index (χ2v) is 10.9. The number of likely N-dealkylation sites (tertiary alicyclic amines) is 1. The molecule has 3 aromatic carbocycles. The van der Waals surface area contributed by atoms with Gasteiger partial charge in [-0.05, 0) is 97.8 Å². The minimum atomic E-state index is -0.428. The maximum atomic E-state index is 13.3. The summed E-state index contributed by atoms with van der Waals surface area (Å²) >= 11 is 6.18. The molecule has 1 aromatic heterocycles. The van der Waals surface area contributed by atoms with Crippen molar-refractivity contribution in [1.29, 1.82) is 0 Å². The average Bonchev–Trinajstić information content (AvgIpc) is 3.55. The molecular formula is C31H33ClN4O3. The summed E-state index contributed by atoms with van der Waals surface area (Å²) in [7, 11) is 0. The van der Waals surface area contributed by atoms with Crippen LogP contribution < -0.4 is 5.32 Å². The van der Waals surface area contributed by atoms with Gasteiger partial charge in [0, 0.05) is 30.1 Å². The summed E-state index contributed by atoms with van der Waals surface area (Å²) in [4.78, 5) is 36.2. The zero-order valence-corrected chi connectivity index (χ0v) is 23.2. The fourth-order valence-corrected chi connectivity index (χ4v) is 5.65. The fraction of sp³-hybridized carbons (Fsp3) is 0.323. The Bertz CT molecular complexity index is 1530. The summed E-state index contributed by atoms with van der Waals surface area (Å²) in [6.45, 7) is 7.43. The first-order valence-corrected chi connectivity index (χ1v) is 13.7. The molecule has 0 aliphatic carbocycles. The number of rotatable bonds is 7. The molecule has 1 saturated heterocycles. The van der Waals surface area contributed by atoms with E-state index in [9.17, 15) is 14.7 Å². The van der Waals surface area contributed by atoms with Crippen LogP contribution in [0.2, 0.25) is 5.02 Å². The summed E-state index contributed by atoms with van der Waals surface area (Å²) < 4.78 is 0. The summed E-state index contributed by atoms with van der Waals surface area (Å²) in [6, 6.07) is 14.1. The molecule has 8 heteroatoms. The van der Waals surface area contributed by atoms with Crippen molar-refractivity contribution in [3.8, 4) is 5.75 Å².